The first-order valence-corrected chi connectivity index (χ1v) is 9.72. The lowest BCUT2D eigenvalue weighted by Crippen LogP contribution is -2.38. The number of nitro groups is 1. The average Bonchev–Trinajstić information content (AvgIpc) is 3.14. The zero-order chi connectivity index (χ0) is 21.2. The molecule has 0 unspecified atom stereocenters. The number of nitrogens with zero attached hydrogens (tertiary/aromatic N) is 4. The maximum absolute atomic E-state index is 10.7. The Morgan fingerprint density at radius 1 is 1.38 bits per heavy atom. The smallest absolute Gasteiger partial charge is 0.306 e. The number of nitrogens with one attached hydrogen (secondary N) is 2. The molecule has 0 fully saturated rings. The fraction of sp³-hybridized carbons (Fsp3) is 0.500. The van der Waals surface area contributed by atoms with Crippen molar-refractivity contribution < 1.29 is 9.66 Å². The molecule has 1 aromatic carbocycles. The number of guanidine groups is 1. The van der Waals surface area contributed by atoms with Gasteiger partial charge in [0.05, 0.1) is 18.1 Å². The van der Waals surface area contributed by atoms with Crippen molar-refractivity contribution in [3.8, 4) is 5.75 Å². The highest BCUT2D eigenvalue weighted by Crippen LogP contribution is 2.21. The molecule has 2 N–H and O–H groups in total. The fourth-order valence-electron chi connectivity index (χ4n) is 2.60. The summed E-state index contributed by atoms with van der Waals surface area (Å²) in [5.41, 5.74) is 2.20. The Kier molecular flexibility index (Phi) is 8.45. The Bertz CT molecular complexity index is 831. The molecule has 0 bridgehead atoms. The molecule has 0 saturated carbocycles. The topological polar surface area (TPSA) is 107 Å². The van der Waals surface area contributed by atoms with Gasteiger partial charge < -0.3 is 15.4 Å². The van der Waals surface area contributed by atoms with E-state index in [1.54, 1.807) is 7.05 Å². The summed E-state index contributed by atoms with van der Waals surface area (Å²) < 4.78 is 7.52. The van der Waals surface area contributed by atoms with Crippen molar-refractivity contribution in [1.29, 1.82) is 0 Å². The van der Waals surface area contributed by atoms with Crippen LogP contribution in [-0.2, 0) is 13.1 Å². The van der Waals surface area contributed by atoms with E-state index in [1.165, 1.54) is 17.1 Å². The first-order valence-electron chi connectivity index (χ1n) is 9.72. The summed E-state index contributed by atoms with van der Waals surface area (Å²) in [7, 11) is 1.70. The van der Waals surface area contributed by atoms with Crippen LogP contribution in [0.15, 0.2) is 35.6 Å². The lowest BCUT2D eigenvalue weighted by atomic mass is 10.1. The maximum Gasteiger partial charge on any atom is 0.306 e. The van der Waals surface area contributed by atoms with Crippen molar-refractivity contribution in [1.82, 2.24) is 20.4 Å². The number of aryl methyl sites for hydroxylation is 1. The van der Waals surface area contributed by atoms with Crippen LogP contribution in [0.1, 0.15) is 31.4 Å². The van der Waals surface area contributed by atoms with Gasteiger partial charge in [-0.25, -0.2) is 0 Å². The molecule has 1 heterocycles. The van der Waals surface area contributed by atoms with E-state index >= 15 is 0 Å². The minimum atomic E-state index is -0.459. The highest BCUT2D eigenvalue weighted by Gasteiger charge is 2.09. The lowest BCUT2D eigenvalue weighted by Gasteiger charge is -2.16. The van der Waals surface area contributed by atoms with Gasteiger partial charge in [0.2, 0.25) is 0 Å². The SMILES string of the molecule is CN=C(NCCn1cc([N+](=O)[O-])cn1)NCc1ccc(C)cc1OCCC(C)C. The van der Waals surface area contributed by atoms with Crippen molar-refractivity contribution in [2.24, 2.45) is 10.9 Å². The van der Waals surface area contributed by atoms with Crippen LogP contribution in [0.4, 0.5) is 5.69 Å². The summed E-state index contributed by atoms with van der Waals surface area (Å²) in [5, 5.41) is 21.1. The third-order valence-corrected chi connectivity index (χ3v) is 4.31. The molecule has 2 rings (SSSR count). The number of ether oxygens (including phenoxy) is 1. The Hall–Kier alpha value is -3.10. The molecule has 0 radical (unpaired) electrons. The molecule has 0 aliphatic heterocycles. The Labute approximate surface area is 171 Å². The van der Waals surface area contributed by atoms with Gasteiger partial charge in [0.15, 0.2) is 5.96 Å². The number of aliphatic imine (C=N–C) groups is 1. The number of benzene rings is 1. The maximum atomic E-state index is 10.7. The van der Waals surface area contributed by atoms with E-state index in [0.29, 0.717) is 38.1 Å². The number of aromatic nitrogens is 2. The summed E-state index contributed by atoms with van der Waals surface area (Å²) in [6.45, 7) is 8.69. The average molecular weight is 402 g/mol. The Morgan fingerprint density at radius 3 is 2.83 bits per heavy atom. The standard InChI is InChI=1S/C20H30N6O3/c1-15(2)7-10-29-19-11-16(3)5-6-17(19)12-23-20(21-4)22-8-9-25-14-18(13-24-25)26(27)28/h5-6,11,13-15H,7-10,12H2,1-4H3,(H2,21,22,23). The molecule has 0 amide bonds. The van der Waals surface area contributed by atoms with E-state index in [9.17, 15) is 10.1 Å². The van der Waals surface area contributed by atoms with E-state index in [0.717, 1.165) is 23.3 Å². The van der Waals surface area contributed by atoms with E-state index in [-0.39, 0.29) is 5.69 Å². The number of hydrogen-bond donors (Lipinski definition) is 2. The molecule has 9 nitrogen and oxygen atoms in total. The van der Waals surface area contributed by atoms with Gasteiger partial charge in [-0.2, -0.15) is 5.10 Å². The molecule has 0 saturated heterocycles. The van der Waals surface area contributed by atoms with Crippen LogP contribution in [0.5, 0.6) is 5.75 Å². The van der Waals surface area contributed by atoms with Gasteiger partial charge in [0, 0.05) is 25.7 Å². The van der Waals surface area contributed by atoms with Crippen LogP contribution in [0.25, 0.3) is 0 Å². The molecule has 0 aliphatic rings. The quantitative estimate of drug-likeness (QED) is 0.274. The molecule has 2 aromatic rings. The predicted molar refractivity (Wildman–Crippen MR) is 113 cm³/mol. The van der Waals surface area contributed by atoms with Gasteiger partial charge in [-0.15, -0.1) is 0 Å². The first kappa shape index (κ1) is 22.2. The molecule has 0 atom stereocenters. The van der Waals surface area contributed by atoms with Gasteiger partial charge in [-0.1, -0.05) is 26.0 Å². The molecule has 158 valence electrons. The predicted octanol–water partition coefficient (Wildman–Crippen LogP) is 2.89. The van der Waals surface area contributed by atoms with Gasteiger partial charge in [-0.3, -0.25) is 19.8 Å². The van der Waals surface area contributed by atoms with Crippen molar-refractivity contribution in [3.05, 3.63) is 51.8 Å². The first-order chi connectivity index (χ1) is 13.9. The summed E-state index contributed by atoms with van der Waals surface area (Å²) in [4.78, 5) is 14.5. The molecule has 0 spiro atoms. The lowest BCUT2D eigenvalue weighted by molar-refractivity contribution is -0.385. The normalized spacial score (nSPS) is 11.6. The molecule has 9 heteroatoms. The minimum absolute atomic E-state index is 0.0168. The third-order valence-electron chi connectivity index (χ3n) is 4.31. The molecule has 0 aliphatic carbocycles. The van der Waals surface area contributed by atoms with Gasteiger partial charge in [0.25, 0.3) is 0 Å². The zero-order valence-electron chi connectivity index (χ0n) is 17.5. The highest BCUT2D eigenvalue weighted by molar-refractivity contribution is 5.79. The van der Waals surface area contributed by atoms with Crippen LogP contribution in [0, 0.1) is 23.0 Å². The van der Waals surface area contributed by atoms with Crippen molar-refractivity contribution >= 4 is 11.6 Å². The molecule has 29 heavy (non-hydrogen) atoms. The Morgan fingerprint density at radius 2 is 2.17 bits per heavy atom. The Balaban J connectivity index is 1.85. The zero-order valence-corrected chi connectivity index (χ0v) is 17.5. The van der Waals surface area contributed by atoms with Gasteiger partial charge in [-0.05, 0) is 30.9 Å². The second-order valence-electron chi connectivity index (χ2n) is 7.21. The second-order valence-corrected chi connectivity index (χ2v) is 7.21. The summed E-state index contributed by atoms with van der Waals surface area (Å²) in [5.74, 6) is 2.12. The van der Waals surface area contributed by atoms with Gasteiger partial charge >= 0.3 is 5.69 Å². The third kappa shape index (κ3) is 7.44. The molecule has 1 aromatic heterocycles. The van der Waals surface area contributed by atoms with Crippen molar-refractivity contribution in [2.75, 3.05) is 20.2 Å². The van der Waals surface area contributed by atoms with Crippen LogP contribution in [0.3, 0.4) is 0 Å². The monoisotopic (exact) mass is 402 g/mol. The minimum Gasteiger partial charge on any atom is -0.493 e. The van der Waals surface area contributed by atoms with Crippen LogP contribution in [-0.4, -0.2) is 40.9 Å². The summed E-state index contributed by atoms with van der Waals surface area (Å²) in [6, 6.07) is 6.18. The molecular formula is C20H30N6O3. The van der Waals surface area contributed by atoms with E-state index < -0.39 is 4.92 Å². The summed E-state index contributed by atoms with van der Waals surface area (Å²) in [6.07, 6.45) is 3.66. The van der Waals surface area contributed by atoms with Crippen LogP contribution < -0.4 is 15.4 Å². The van der Waals surface area contributed by atoms with Gasteiger partial charge in [0.1, 0.15) is 18.1 Å². The van der Waals surface area contributed by atoms with Crippen molar-refractivity contribution in [3.63, 3.8) is 0 Å². The highest BCUT2D eigenvalue weighted by atomic mass is 16.6. The van der Waals surface area contributed by atoms with Crippen molar-refractivity contribution in [2.45, 2.75) is 40.3 Å². The fourth-order valence-corrected chi connectivity index (χ4v) is 2.60. The largest absolute Gasteiger partial charge is 0.493 e. The van der Waals surface area contributed by atoms with E-state index in [4.69, 9.17) is 4.74 Å². The van der Waals surface area contributed by atoms with Crippen LogP contribution >= 0.6 is 0 Å². The number of hydrogen-bond acceptors (Lipinski definition) is 5. The number of rotatable bonds is 10. The molecular weight excluding hydrogens is 372 g/mol. The van der Waals surface area contributed by atoms with E-state index in [1.807, 2.05) is 6.92 Å². The second kappa shape index (κ2) is 11.0. The van der Waals surface area contributed by atoms with Crippen LogP contribution in [0.2, 0.25) is 0 Å². The summed E-state index contributed by atoms with van der Waals surface area (Å²) >= 11 is 0. The van der Waals surface area contributed by atoms with E-state index in [2.05, 4.69) is 52.8 Å².